The molecule has 0 amide bonds. The van der Waals surface area contributed by atoms with Gasteiger partial charge in [-0.2, -0.15) is 0 Å². The molecule has 2 aromatic rings. The number of hydrogen-bond donors (Lipinski definition) is 1. The number of aryl methyl sites for hydroxylation is 1. The molecule has 0 spiro atoms. The van der Waals surface area contributed by atoms with E-state index in [0.717, 1.165) is 16.6 Å². The molecule has 0 aliphatic heterocycles. The van der Waals surface area contributed by atoms with E-state index >= 15 is 0 Å². The lowest BCUT2D eigenvalue weighted by Crippen LogP contribution is -2.04. The first kappa shape index (κ1) is 11.4. The maximum atomic E-state index is 3.98. The Kier molecular flexibility index (Phi) is 4.18. The second-order valence-electron chi connectivity index (χ2n) is 3.29. The van der Waals surface area contributed by atoms with Crippen molar-refractivity contribution >= 4 is 28.8 Å². The molecule has 0 saturated carbocycles. The highest BCUT2D eigenvalue weighted by Gasteiger charge is 1.98. The first-order valence-electron chi connectivity index (χ1n) is 5.05. The molecule has 0 aliphatic rings. The van der Waals surface area contributed by atoms with Crippen LogP contribution in [0.5, 0.6) is 0 Å². The van der Waals surface area contributed by atoms with Crippen LogP contribution in [0.1, 0.15) is 5.56 Å². The third kappa shape index (κ3) is 3.21. The summed E-state index contributed by atoms with van der Waals surface area (Å²) in [6.07, 6.45) is 0. The quantitative estimate of drug-likeness (QED) is 0.654. The number of benzene rings is 1. The summed E-state index contributed by atoms with van der Waals surface area (Å²) in [7, 11) is 0. The second kappa shape index (κ2) is 5.86. The van der Waals surface area contributed by atoms with Crippen molar-refractivity contribution in [2.75, 3.05) is 17.6 Å². The molecule has 0 fully saturated rings. The standard InChI is InChI=1S/C11H13N3S2/c1-9-4-2-3-5-10(9)12-6-7-15-11-14-13-8-16-11/h2-5,8,12H,6-7H2,1H3. The molecule has 1 aromatic heterocycles. The Bertz CT molecular complexity index is 429. The van der Waals surface area contributed by atoms with Crippen LogP contribution in [0.3, 0.4) is 0 Å². The van der Waals surface area contributed by atoms with Crippen LogP contribution in [-0.4, -0.2) is 22.5 Å². The third-order valence-corrected chi connectivity index (χ3v) is 3.99. The van der Waals surface area contributed by atoms with Crippen LogP contribution < -0.4 is 5.32 Å². The second-order valence-corrected chi connectivity index (χ2v) is 5.47. The van der Waals surface area contributed by atoms with Crippen molar-refractivity contribution in [3.63, 3.8) is 0 Å². The molecule has 0 aliphatic carbocycles. The van der Waals surface area contributed by atoms with Crippen LogP contribution in [0.25, 0.3) is 0 Å². The molecule has 16 heavy (non-hydrogen) atoms. The average Bonchev–Trinajstić information content (AvgIpc) is 2.79. The topological polar surface area (TPSA) is 37.8 Å². The van der Waals surface area contributed by atoms with Crippen molar-refractivity contribution in [2.24, 2.45) is 0 Å². The van der Waals surface area contributed by atoms with Crippen molar-refractivity contribution in [1.29, 1.82) is 0 Å². The Labute approximate surface area is 103 Å². The number of nitrogens with one attached hydrogen (secondary N) is 1. The minimum absolute atomic E-state index is 0.940. The molecule has 0 radical (unpaired) electrons. The maximum absolute atomic E-state index is 3.98. The first-order chi connectivity index (χ1) is 7.86. The van der Waals surface area contributed by atoms with E-state index in [0.29, 0.717) is 0 Å². The number of anilines is 1. The molecular weight excluding hydrogens is 238 g/mol. The fourth-order valence-electron chi connectivity index (χ4n) is 1.32. The van der Waals surface area contributed by atoms with Gasteiger partial charge in [0, 0.05) is 18.0 Å². The van der Waals surface area contributed by atoms with Gasteiger partial charge in [0.25, 0.3) is 0 Å². The summed E-state index contributed by atoms with van der Waals surface area (Å²) in [5, 5.41) is 11.2. The first-order valence-corrected chi connectivity index (χ1v) is 6.91. The van der Waals surface area contributed by atoms with Gasteiger partial charge in [0.15, 0.2) is 4.34 Å². The monoisotopic (exact) mass is 251 g/mol. The van der Waals surface area contributed by atoms with Crippen LogP contribution in [0.4, 0.5) is 5.69 Å². The molecule has 0 atom stereocenters. The summed E-state index contributed by atoms with van der Waals surface area (Å²) < 4.78 is 1.03. The van der Waals surface area contributed by atoms with E-state index in [1.165, 1.54) is 11.3 Å². The number of aromatic nitrogens is 2. The van der Waals surface area contributed by atoms with E-state index in [1.54, 1.807) is 28.6 Å². The lowest BCUT2D eigenvalue weighted by atomic mass is 10.2. The van der Waals surface area contributed by atoms with Gasteiger partial charge in [-0.1, -0.05) is 41.3 Å². The molecular formula is C11H13N3S2. The predicted octanol–water partition coefficient (Wildman–Crippen LogP) is 3.05. The number of thioether (sulfide) groups is 1. The van der Waals surface area contributed by atoms with Crippen molar-refractivity contribution < 1.29 is 0 Å². The molecule has 0 unspecified atom stereocenters. The van der Waals surface area contributed by atoms with Crippen LogP contribution in [0, 0.1) is 6.92 Å². The summed E-state index contributed by atoms with van der Waals surface area (Å²) in [5.41, 5.74) is 4.25. The van der Waals surface area contributed by atoms with Gasteiger partial charge in [-0.05, 0) is 18.6 Å². The minimum atomic E-state index is 0.940. The van der Waals surface area contributed by atoms with Gasteiger partial charge in [0.2, 0.25) is 0 Å². The van der Waals surface area contributed by atoms with Crippen molar-refractivity contribution in [1.82, 2.24) is 10.2 Å². The largest absolute Gasteiger partial charge is 0.384 e. The van der Waals surface area contributed by atoms with Gasteiger partial charge in [0.05, 0.1) is 0 Å². The molecule has 0 bridgehead atoms. The highest BCUT2D eigenvalue weighted by molar-refractivity contribution is 8.01. The van der Waals surface area contributed by atoms with Crippen molar-refractivity contribution in [3.8, 4) is 0 Å². The Morgan fingerprint density at radius 2 is 2.25 bits per heavy atom. The molecule has 5 heteroatoms. The van der Waals surface area contributed by atoms with E-state index in [1.807, 2.05) is 6.07 Å². The maximum Gasteiger partial charge on any atom is 0.174 e. The summed E-state index contributed by atoms with van der Waals surface area (Å²) in [6.45, 7) is 3.05. The molecule has 1 N–H and O–H groups in total. The molecule has 84 valence electrons. The third-order valence-electron chi connectivity index (χ3n) is 2.13. The Morgan fingerprint density at radius 1 is 1.38 bits per heavy atom. The van der Waals surface area contributed by atoms with Gasteiger partial charge in [-0.3, -0.25) is 0 Å². The molecule has 1 aromatic carbocycles. The predicted molar refractivity (Wildman–Crippen MR) is 70.3 cm³/mol. The number of hydrogen-bond acceptors (Lipinski definition) is 5. The average molecular weight is 251 g/mol. The van der Waals surface area contributed by atoms with E-state index < -0.39 is 0 Å². The summed E-state index contributed by atoms with van der Waals surface area (Å²) in [6, 6.07) is 8.31. The van der Waals surface area contributed by atoms with Gasteiger partial charge in [0.1, 0.15) is 5.51 Å². The van der Waals surface area contributed by atoms with E-state index in [4.69, 9.17) is 0 Å². The molecule has 1 heterocycles. The minimum Gasteiger partial charge on any atom is -0.384 e. The number of nitrogens with zero attached hydrogens (tertiary/aromatic N) is 2. The Hall–Kier alpha value is -1.07. The molecule has 0 saturated heterocycles. The number of rotatable bonds is 5. The summed E-state index contributed by atoms with van der Waals surface area (Å²) in [4.78, 5) is 0. The summed E-state index contributed by atoms with van der Waals surface area (Å²) in [5.74, 6) is 1.00. The van der Waals surface area contributed by atoms with Gasteiger partial charge in [-0.25, -0.2) is 0 Å². The SMILES string of the molecule is Cc1ccccc1NCCSc1nncs1. The lowest BCUT2D eigenvalue weighted by molar-refractivity contribution is 1.01. The van der Waals surface area contributed by atoms with Crippen LogP contribution in [0.2, 0.25) is 0 Å². The highest BCUT2D eigenvalue weighted by atomic mass is 32.2. The lowest BCUT2D eigenvalue weighted by Gasteiger charge is -2.07. The fraction of sp³-hybridized carbons (Fsp3) is 0.273. The van der Waals surface area contributed by atoms with Crippen LogP contribution >= 0.6 is 23.1 Å². The molecule has 3 nitrogen and oxygen atoms in total. The van der Waals surface area contributed by atoms with Crippen LogP contribution in [0.15, 0.2) is 34.1 Å². The van der Waals surface area contributed by atoms with E-state index in [9.17, 15) is 0 Å². The normalized spacial score (nSPS) is 10.3. The van der Waals surface area contributed by atoms with Crippen LogP contribution in [-0.2, 0) is 0 Å². The zero-order chi connectivity index (χ0) is 11.2. The number of para-hydroxylation sites is 1. The van der Waals surface area contributed by atoms with E-state index in [2.05, 4.69) is 40.6 Å². The van der Waals surface area contributed by atoms with Gasteiger partial charge < -0.3 is 5.32 Å². The Balaban J connectivity index is 1.74. The zero-order valence-corrected chi connectivity index (χ0v) is 10.6. The Morgan fingerprint density at radius 3 is 3.00 bits per heavy atom. The fourth-order valence-corrected chi connectivity index (χ4v) is 2.73. The smallest absolute Gasteiger partial charge is 0.174 e. The van der Waals surface area contributed by atoms with Crippen molar-refractivity contribution in [3.05, 3.63) is 35.3 Å². The highest BCUT2D eigenvalue weighted by Crippen LogP contribution is 2.19. The van der Waals surface area contributed by atoms with Gasteiger partial charge in [-0.15, -0.1) is 10.2 Å². The zero-order valence-electron chi connectivity index (χ0n) is 9.01. The van der Waals surface area contributed by atoms with E-state index in [-0.39, 0.29) is 0 Å². The van der Waals surface area contributed by atoms with Gasteiger partial charge >= 0.3 is 0 Å². The van der Waals surface area contributed by atoms with Crippen molar-refractivity contribution in [2.45, 2.75) is 11.3 Å². The summed E-state index contributed by atoms with van der Waals surface area (Å²) >= 11 is 3.32. The molecule has 2 rings (SSSR count).